The van der Waals surface area contributed by atoms with Crippen LogP contribution in [0.3, 0.4) is 0 Å². The van der Waals surface area contributed by atoms with E-state index in [-0.39, 0.29) is 17.8 Å². The molecule has 130 valence electrons. The fraction of sp³-hybridized carbons (Fsp3) is 0.250. The van der Waals surface area contributed by atoms with E-state index >= 15 is 0 Å². The van der Waals surface area contributed by atoms with Crippen LogP contribution in [0.15, 0.2) is 42.5 Å². The molecule has 2 aromatic carbocycles. The zero-order chi connectivity index (χ0) is 18.0. The van der Waals surface area contributed by atoms with Gasteiger partial charge in [0.2, 0.25) is 0 Å². The lowest BCUT2D eigenvalue weighted by Crippen LogP contribution is -2.08. The fourth-order valence-electron chi connectivity index (χ4n) is 3.00. The molecule has 3 rings (SSSR count). The zero-order valence-corrected chi connectivity index (χ0v) is 15.6. The Morgan fingerprint density at radius 3 is 2.68 bits per heavy atom. The first-order chi connectivity index (χ1) is 12.0. The zero-order valence-electron chi connectivity index (χ0n) is 14.1. The number of alkyl halides is 1. The SMILES string of the molecule is CCOC(=O)Cc1c(C)[nH]c2ccc(C(Cl)c3cccc(Cl)c3)cc12. The van der Waals surface area contributed by atoms with Crippen molar-refractivity contribution in [2.45, 2.75) is 25.6 Å². The van der Waals surface area contributed by atoms with Crippen LogP contribution in [0.25, 0.3) is 10.9 Å². The number of carbonyl (C=O) groups is 1. The number of aryl methyl sites for hydroxylation is 1. The molecule has 0 aliphatic carbocycles. The summed E-state index contributed by atoms with van der Waals surface area (Å²) in [5.74, 6) is -0.228. The molecule has 0 aliphatic heterocycles. The van der Waals surface area contributed by atoms with E-state index in [2.05, 4.69) is 4.98 Å². The summed E-state index contributed by atoms with van der Waals surface area (Å²) in [6.07, 6.45) is 0.243. The molecule has 0 aliphatic rings. The van der Waals surface area contributed by atoms with Crippen molar-refractivity contribution in [3.05, 3.63) is 69.9 Å². The van der Waals surface area contributed by atoms with Crippen molar-refractivity contribution in [2.24, 2.45) is 0 Å². The smallest absolute Gasteiger partial charge is 0.310 e. The van der Waals surface area contributed by atoms with E-state index in [1.807, 2.05) is 49.4 Å². The highest BCUT2D eigenvalue weighted by atomic mass is 35.5. The second kappa shape index (κ2) is 7.51. The molecule has 0 fully saturated rings. The van der Waals surface area contributed by atoms with Crippen LogP contribution in [-0.4, -0.2) is 17.6 Å². The summed E-state index contributed by atoms with van der Waals surface area (Å²) in [7, 11) is 0. The highest BCUT2D eigenvalue weighted by Crippen LogP contribution is 2.33. The van der Waals surface area contributed by atoms with E-state index in [1.54, 1.807) is 6.92 Å². The average Bonchev–Trinajstić information content (AvgIpc) is 2.89. The van der Waals surface area contributed by atoms with Gasteiger partial charge in [0.15, 0.2) is 0 Å². The molecule has 3 nitrogen and oxygen atoms in total. The summed E-state index contributed by atoms with van der Waals surface area (Å²) in [6.45, 7) is 4.15. The first-order valence-electron chi connectivity index (χ1n) is 8.16. The van der Waals surface area contributed by atoms with Gasteiger partial charge in [-0.3, -0.25) is 4.79 Å². The van der Waals surface area contributed by atoms with Gasteiger partial charge in [0.25, 0.3) is 0 Å². The van der Waals surface area contributed by atoms with Crippen molar-refractivity contribution in [2.75, 3.05) is 6.61 Å². The Balaban J connectivity index is 1.99. The Morgan fingerprint density at radius 2 is 1.96 bits per heavy atom. The molecule has 1 atom stereocenters. The molecule has 1 unspecified atom stereocenters. The quantitative estimate of drug-likeness (QED) is 0.468. The van der Waals surface area contributed by atoms with Crippen LogP contribution in [0.1, 0.15) is 34.7 Å². The maximum atomic E-state index is 11.9. The number of aromatic amines is 1. The first kappa shape index (κ1) is 17.8. The minimum absolute atomic E-state index is 0.228. The number of fused-ring (bicyclic) bond motifs is 1. The number of esters is 1. The predicted octanol–water partition coefficient (Wildman–Crippen LogP) is 5.56. The van der Waals surface area contributed by atoms with Gasteiger partial charge in [0, 0.05) is 21.6 Å². The molecule has 25 heavy (non-hydrogen) atoms. The normalized spacial score (nSPS) is 12.3. The van der Waals surface area contributed by atoms with E-state index in [4.69, 9.17) is 27.9 Å². The van der Waals surface area contributed by atoms with Gasteiger partial charge < -0.3 is 9.72 Å². The lowest BCUT2D eigenvalue weighted by atomic mass is 10.0. The number of halogens is 2. The van der Waals surface area contributed by atoms with Crippen molar-refractivity contribution in [3.63, 3.8) is 0 Å². The molecule has 0 bridgehead atoms. The van der Waals surface area contributed by atoms with Crippen LogP contribution in [0.4, 0.5) is 0 Å². The molecule has 1 heterocycles. The predicted molar refractivity (Wildman–Crippen MR) is 103 cm³/mol. The lowest BCUT2D eigenvalue weighted by Gasteiger charge is -2.11. The lowest BCUT2D eigenvalue weighted by molar-refractivity contribution is -0.142. The highest BCUT2D eigenvalue weighted by molar-refractivity contribution is 6.30. The standard InChI is InChI=1S/C20H19Cl2NO2/c1-3-25-19(24)11-16-12(2)23-18-8-7-14(10-17(16)18)20(22)13-5-4-6-15(21)9-13/h4-10,20,23H,3,11H2,1-2H3. The van der Waals surface area contributed by atoms with E-state index in [0.717, 1.165) is 33.3 Å². The van der Waals surface area contributed by atoms with Crippen LogP contribution in [0.5, 0.6) is 0 Å². The number of hydrogen-bond donors (Lipinski definition) is 1. The van der Waals surface area contributed by atoms with Crippen LogP contribution < -0.4 is 0 Å². The third-order valence-electron chi connectivity index (χ3n) is 4.20. The molecule has 1 N–H and O–H groups in total. The Morgan fingerprint density at radius 1 is 1.20 bits per heavy atom. The third-order valence-corrected chi connectivity index (χ3v) is 4.94. The minimum atomic E-state index is -0.311. The Bertz CT molecular complexity index is 917. The number of benzene rings is 2. The summed E-state index contributed by atoms with van der Waals surface area (Å²) in [5.41, 5.74) is 4.79. The number of ether oxygens (including phenoxy) is 1. The molecule has 5 heteroatoms. The van der Waals surface area contributed by atoms with Crippen molar-refractivity contribution >= 4 is 40.1 Å². The largest absolute Gasteiger partial charge is 0.466 e. The van der Waals surface area contributed by atoms with Gasteiger partial charge in [-0.05, 0) is 54.8 Å². The number of carbonyl (C=O) groups excluding carboxylic acids is 1. The Labute approximate surface area is 156 Å². The summed E-state index contributed by atoms with van der Waals surface area (Å²) >= 11 is 12.7. The molecule has 3 aromatic rings. The molecular formula is C20H19Cl2NO2. The Hall–Kier alpha value is -1.97. The van der Waals surface area contributed by atoms with E-state index in [9.17, 15) is 4.79 Å². The minimum Gasteiger partial charge on any atom is -0.466 e. The van der Waals surface area contributed by atoms with Gasteiger partial charge in [-0.15, -0.1) is 11.6 Å². The maximum Gasteiger partial charge on any atom is 0.310 e. The molecular weight excluding hydrogens is 357 g/mol. The van der Waals surface area contributed by atoms with E-state index < -0.39 is 0 Å². The summed E-state index contributed by atoms with van der Waals surface area (Å²) < 4.78 is 5.09. The van der Waals surface area contributed by atoms with Gasteiger partial charge in [0.1, 0.15) is 0 Å². The summed E-state index contributed by atoms with van der Waals surface area (Å²) in [4.78, 5) is 15.2. The average molecular weight is 376 g/mol. The summed E-state index contributed by atoms with van der Waals surface area (Å²) in [6, 6.07) is 13.5. The fourth-order valence-corrected chi connectivity index (χ4v) is 3.47. The second-order valence-corrected chi connectivity index (χ2v) is 6.81. The van der Waals surface area contributed by atoms with Gasteiger partial charge >= 0.3 is 5.97 Å². The Kier molecular flexibility index (Phi) is 5.36. The van der Waals surface area contributed by atoms with Crippen molar-refractivity contribution in [1.29, 1.82) is 0 Å². The van der Waals surface area contributed by atoms with Gasteiger partial charge in [-0.2, -0.15) is 0 Å². The molecule has 0 radical (unpaired) electrons. The number of H-pyrrole nitrogens is 1. The number of hydrogen-bond acceptors (Lipinski definition) is 2. The van der Waals surface area contributed by atoms with Crippen LogP contribution >= 0.6 is 23.2 Å². The van der Waals surface area contributed by atoms with Crippen molar-refractivity contribution in [1.82, 2.24) is 4.98 Å². The monoisotopic (exact) mass is 375 g/mol. The number of aromatic nitrogens is 1. The van der Waals surface area contributed by atoms with Crippen LogP contribution in [-0.2, 0) is 16.0 Å². The van der Waals surface area contributed by atoms with Gasteiger partial charge in [0.05, 0.1) is 18.4 Å². The van der Waals surface area contributed by atoms with Crippen LogP contribution in [0.2, 0.25) is 5.02 Å². The first-order valence-corrected chi connectivity index (χ1v) is 8.97. The molecule has 0 saturated carbocycles. The number of rotatable bonds is 5. The van der Waals surface area contributed by atoms with E-state index in [1.165, 1.54) is 0 Å². The topological polar surface area (TPSA) is 42.1 Å². The highest BCUT2D eigenvalue weighted by Gasteiger charge is 2.17. The van der Waals surface area contributed by atoms with Gasteiger partial charge in [-0.1, -0.05) is 29.8 Å². The van der Waals surface area contributed by atoms with E-state index in [0.29, 0.717) is 11.6 Å². The third kappa shape index (κ3) is 3.83. The molecule has 0 amide bonds. The van der Waals surface area contributed by atoms with Crippen LogP contribution in [0, 0.1) is 6.92 Å². The van der Waals surface area contributed by atoms with Crippen molar-refractivity contribution in [3.8, 4) is 0 Å². The van der Waals surface area contributed by atoms with Gasteiger partial charge in [-0.25, -0.2) is 0 Å². The second-order valence-electron chi connectivity index (χ2n) is 5.93. The van der Waals surface area contributed by atoms with Crippen molar-refractivity contribution < 1.29 is 9.53 Å². The molecule has 1 aromatic heterocycles. The molecule has 0 spiro atoms. The number of nitrogens with one attached hydrogen (secondary N) is 1. The maximum absolute atomic E-state index is 11.9. The molecule has 0 saturated heterocycles. The summed E-state index contributed by atoms with van der Waals surface area (Å²) in [5, 5.41) is 1.34.